The predicted octanol–water partition coefficient (Wildman–Crippen LogP) is 1.32. The van der Waals surface area contributed by atoms with Crippen LogP contribution in [0.4, 0.5) is 5.82 Å². The minimum atomic E-state index is -0.800. The van der Waals surface area contributed by atoms with Gasteiger partial charge in [0.1, 0.15) is 18.2 Å². The Hall–Kier alpha value is -1.85. The summed E-state index contributed by atoms with van der Waals surface area (Å²) in [7, 11) is 0. The first kappa shape index (κ1) is 12.6. The summed E-state index contributed by atoms with van der Waals surface area (Å²) in [5, 5.41) is 9.23. The van der Waals surface area contributed by atoms with Crippen LogP contribution in [0.5, 0.6) is 5.88 Å². The van der Waals surface area contributed by atoms with E-state index < -0.39 is 12.0 Å². The lowest BCUT2D eigenvalue weighted by Gasteiger charge is -2.33. The molecule has 1 atom stereocenters. The summed E-state index contributed by atoms with van der Waals surface area (Å²) in [4.78, 5) is 21.2. The fraction of sp³-hybridized carbons (Fsp3) is 0.583. The lowest BCUT2D eigenvalue weighted by atomic mass is 10.0. The van der Waals surface area contributed by atoms with Crippen molar-refractivity contribution in [2.24, 2.45) is 0 Å². The molecule has 18 heavy (non-hydrogen) atoms. The third-order valence-corrected chi connectivity index (χ3v) is 3.00. The smallest absolute Gasteiger partial charge is 0.326 e. The van der Waals surface area contributed by atoms with Gasteiger partial charge < -0.3 is 14.7 Å². The van der Waals surface area contributed by atoms with E-state index in [1.807, 2.05) is 11.8 Å². The van der Waals surface area contributed by atoms with E-state index in [1.54, 1.807) is 6.07 Å². The zero-order chi connectivity index (χ0) is 13.0. The van der Waals surface area contributed by atoms with E-state index in [0.717, 1.165) is 12.8 Å². The van der Waals surface area contributed by atoms with Crippen LogP contribution < -0.4 is 9.64 Å². The van der Waals surface area contributed by atoms with Gasteiger partial charge in [-0.3, -0.25) is 0 Å². The van der Waals surface area contributed by atoms with Gasteiger partial charge in [0.05, 0.1) is 6.61 Å². The molecule has 1 aromatic heterocycles. The maximum Gasteiger partial charge on any atom is 0.326 e. The molecule has 0 bridgehead atoms. The van der Waals surface area contributed by atoms with Crippen LogP contribution in [-0.2, 0) is 4.79 Å². The van der Waals surface area contributed by atoms with Gasteiger partial charge in [0.25, 0.3) is 0 Å². The summed E-state index contributed by atoms with van der Waals surface area (Å²) in [6, 6.07) is 1.20. The second-order valence-electron chi connectivity index (χ2n) is 4.19. The molecule has 2 rings (SSSR count). The highest BCUT2D eigenvalue weighted by molar-refractivity contribution is 5.78. The lowest BCUT2D eigenvalue weighted by molar-refractivity contribution is -0.139. The third-order valence-electron chi connectivity index (χ3n) is 3.00. The monoisotopic (exact) mass is 251 g/mol. The van der Waals surface area contributed by atoms with E-state index in [2.05, 4.69) is 9.97 Å². The zero-order valence-electron chi connectivity index (χ0n) is 10.4. The fourth-order valence-electron chi connectivity index (χ4n) is 2.18. The van der Waals surface area contributed by atoms with Gasteiger partial charge in [0, 0.05) is 12.6 Å². The SMILES string of the molecule is CCOc1cc(N2CCCCC2C(=O)O)ncn1. The molecule has 98 valence electrons. The van der Waals surface area contributed by atoms with Gasteiger partial charge >= 0.3 is 5.97 Å². The minimum absolute atomic E-state index is 0.484. The molecule has 6 heteroatoms. The summed E-state index contributed by atoms with van der Waals surface area (Å²) in [6.07, 6.45) is 3.99. The molecular formula is C12H17N3O3. The normalized spacial score (nSPS) is 19.6. The topological polar surface area (TPSA) is 75.5 Å². The Balaban J connectivity index is 2.22. The number of aromatic nitrogens is 2. The van der Waals surface area contributed by atoms with Crippen molar-refractivity contribution in [2.45, 2.75) is 32.2 Å². The van der Waals surface area contributed by atoms with Crippen molar-refractivity contribution in [3.63, 3.8) is 0 Å². The fourth-order valence-corrected chi connectivity index (χ4v) is 2.18. The maximum atomic E-state index is 11.2. The van der Waals surface area contributed by atoms with Gasteiger partial charge in [0.2, 0.25) is 5.88 Å². The van der Waals surface area contributed by atoms with Crippen LogP contribution >= 0.6 is 0 Å². The Morgan fingerprint density at radius 3 is 3.11 bits per heavy atom. The first-order chi connectivity index (χ1) is 8.72. The Labute approximate surface area is 106 Å². The number of carboxylic acid groups (broad SMARTS) is 1. The molecule has 0 aliphatic carbocycles. The third kappa shape index (κ3) is 2.69. The Morgan fingerprint density at radius 2 is 2.39 bits per heavy atom. The molecule has 0 spiro atoms. The van der Waals surface area contributed by atoms with Crippen LogP contribution in [0.1, 0.15) is 26.2 Å². The number of rotatable bonds is 4. The van der Waals surface area contributed by atoms with Gasteiger partial charge in [-0.2, -0.15) is 0 Å². The van der Waals surface area contributed by atoms with Crippen LogP contribution in [0.2, 0.25) is 0 Å². The molecule has 0 aromatic carbocycles. The van der Waals surface area contributed by atoms with Crippen LogP contribution in [0.15, 0.2) is 12.4 Å². The molecule has 1 aromatic rings. The molecule has 1 fully saturated rings. The second kappa shape index (κ2) is 5.66. The summed E-state index contributed by atoms with van der Waals surface area (Å²) in [5.41, 5.74) is 0. The number of piperidine rings is 1. The first-order valence-electron chi connectivity index (χ1n) is 6.16. The van der Waals surface area contributed by atoms with E-state index in [0.29, 0.717) is 31.3 Å². The van der Waals surface area contributed by atoms with E-state index in [4.69, 9.17) is 4.74 Å². The highest BCUT2D eigenvalue weighted by atomic mass is 16.5. The zero-order valence-corrected chi connectivity index (χ0v) is 10.4. The van der Waals surface area contributed by atoms with E-state index in [9.17, 15) is 9.90 Å². The first-order valence-corrected chi connectivity index (χ1v) is 6.16. The van der Waals surface area contributed by atoms with Crippen molar-refractivity contribution in [1.82, 2.24) is 9.97 Å². The molecule has 0 radical (unpaired) electrons. The van der Waals surface area contributed by atoms with Gasteiger partial charge in [-0.05, 0) is 26.2 Å². The summed E-state index contributed by atoms with van der Waals surface area (Å²) in [5.74, 6) is 0.309. The predicted molar refractivity (Wildman–Crippen MR) is 65.8 cm³/mol. The number of ether oxygens (including phenoxy) is 1. The van der Waals surface area contributed by atoms with E-state index in [-0.39, 0.29) is 0 Å². The van der Waals surface area contributed by atoms with Crippen LogP contribution in [0, 0.1) is 0 Å². The standard InChI is InChI=1S/C12H17N3O3/c1-2-18-11-7-10(13-8-14-11)15-6-4-3-5-9(15)12(16)17/h7-9H,2-6H2,1H3,(H,16,17). The molecule has 2 heterocycles. The van der Waals surface area contributed by atoms with Crippen molar-refractivity contribution in [3.8, 4) is 5.88 Å². The molecule has 1 unspecified atom stereocenters. The molecule has 0 amide bonds. The van der Waals surface area contributed by atoms with Crippen LogP contribution in [-0.4, -0.2) is 40.2 Å². The average molecular weight is 251 g/mol. The summed E-state index contributed by atoms with van der Waals surface area (Å²) in [6.45, 7) is 3.11. The second-order valence-corrected chi connectivity index (χ2v) is 4.19. The molecule has 0 saturated carbocycles. The number of carboxylic acids is 1. The number of carbonyl (C=O) groups is 1. The maximum absolute atomic E-state index is 11.2. The molecule has 1 aliphatic heterocycles. The largest absolute Gasteiger partial charge is 0.480 e. The highest BCUT2D eigenvalue weighted by Gasteiger charge is 2.29. The number of hydrogen-bond acceptors (Lipinski definition) is 5. The van der Waals surface area contributed by atoms with Crippen LogP contribution in [0.25, 0.3) is 0 Å². The molecule has 1 saturated heterocycles. The number of aliphatic carboxylic acids is 1. The number of nitrogens with zero attached hydrogens (tertiary/aromatic N) is 3. The van der Waals surface area contributed by atoms with Crippen molar-refractivity contribution in [3.05, 3.63) is 12.4 Å². The van der Waals surface area contributed by atoms with Gasteiger partial charge in [0.15, 0.2) is 0 Å². The van der Waals surface area contributed by atoms with E-state index in [1.165, 1.54) is 6.33 Å². The lowest BCUT2D eigenvalue weighted by Crippen LogP contribution is -2.45. The highest BCUT2D eigenvalue weighted by Crippen LogP contribution is 2.24. The summed E-state index contributed by atoms with van der Waals surface area (Å²) < 4.78 is 5.31. The summed E-state index contributed by atoms with van der Waals surface area (Å²) >= 11 is 0. The van der Waals surface area contributed by atoms with Gasteiger partial charge in [-0.15, -0.1) is 0 Å². The Bertz CT molecular complexity index is 425. The van der Waals surface area contributed by atoms with Gasteiger partial charge in [-0.25, -0.2) is 14.8 Å². The molecule has 1 N–H and O–H groups in total. The Kier molecular flexibility index (Phi) is 3.96. The van der Waals surface area contributed by atoms with E-state index >= 15 is 0 Å². The van der Waals surface area contributed by atoms with Crippen molar-refractivity contribution in [1.29, 1.82) is 0 Å². The molecule has 6 nitrogen and oxygen atoms in total. The molecular weight excluding hydrogens is 234 g/mol. The Morgan fingerprint density at radius 1 is 1.56 bits per heavy atom. The van der Waals surface area contributed by atoms with Crippen molar-refractivity contribution < 1.29 is 14.6 Å². The van der Waals surface area contributed by atoms with Gasteiger partial charge in [-0.1, -0.05) is 0 Å². The average Bonchev–Trinajstić information content (AvgIpc) is 2.39. The van der Waals surface area contributed by atoms with Crippen LogP contribution in [0.3, 0.4) is 0 Å². The quantitative estimate of drug-likeness (QED) is 0.869. The minimum Gasteiger partial charge on any atom is -0.480 e. The van der Waals surface area contributed by atoms with Crippen molar-refractivity contribution >= 4 is 11.8 Å². The van der Waals surface area contributed by atoms with Crippen molar-refractivity contribution in [2.75, 3.05) is 18.1 Å². The number of anilines is 1. The number of hydrogen-bond donors (Lipinski definition) is 1. The molecule has 1 aliphatic rings.